The van der Waals surface area contributed by atoms with Gasteiger partial charge in [0.25, 0.3) is 5.69 Å². The van der Waals surface area contributed by atoms with Gasteiger partial charge in [0.2, 0.25) is 5.91 Å². The lowest BCUT2D eigenvalue weighted by Crippen LogP contribution is -2.42. The fourth-order valence-corrected chi connectivity index (χ4v) is 3.14. The molecule has 2 aromatic rings. The Morgan fingerprint density at radius 3 is 2.87 bits per heavy atom. The number of benzene rings is 1. The molecule has 1 atom stereocenters. The Balaban J connectivity index is 2.12. The van der Waals surface area contributed by atoms with Crippen LogP contribution in [0.25, 0.3) is 10.9 Å². The van der Waals surface area contributed by atoms with Crippen LogP contribution in [0.15, 0.2) is 30.5 Å². The van der Waals surface area contributed by atoms with E-state index in [-0.39, 0.29) is 17.6 Å². The van der Waals surface area contributed by atoms with Crippen molar-refractivity contribution >= 4 is 28.2 Å². The van der Waals surface area contributed by atoms with Crippen LogP contribution in [0.5, 0.6) is 0 Å². The number of hydrogen-bond acceptors (Lipinski definition) is 5. The molecule has 1 aliphatic heterocycles. The molecular formula is C16H18N4O3. The number of carbonyl (C=O) groups excluding carboxylic acids is 1. The topological polar surface area (TPSA) is 79.6 Å². The minimum atomic E-state index is -0.403. The molecule has 120 valence electrons. The molecule has 7 nitrogen and oxygen atoms in total. The number of aromatic nitrogens is 1. The second-order valence-corrected chi connectivity index (χ2v) is 5.84. The number of carbonyl (C=O) groups is 1. The van der Waals surface area contributed by atoms with Crippen molar-refractivity contribution in [3.8, 4) is 0 Å². The van der Waals surface area contributed by atoms with Crippen molar-refractivity contribution in [2.45, 2.75) is 18.9 Å². The third-order valence-electron chi connectivity index (χ3n) is 4.21. The third-order valence-corrected chi connectivity index (χ3v) is 4.21. The minimum absolute atomic E-state index is 0.0338. The summed E-state index contributed by atoms with van der Waals surface area (Å²) in [5.41, 5.74) is 1.38. The number of fused-ring (bicyclic) bond motifs is 1. The molecule has 0 bridgehead atoms. The Hall–Kier alpha value is -2.70. The zero-order chi connectivity index (χ0) is 16.6. The van der Waals surface area contributed by atoms with Crippen molar-refractivity contribution in [1.82, 2.24) is 9.88 Å². The summed E-state index contributed by atoms with van der Waals surface area (Å²) in [4.78, 5) is 31.1. The van der Waals surface area contributed by atoms with Gasteiger partial charge in [0.15, 0.2) is 0 Å². The van der Waals surface area contributed by atoms with Crippen LogP contribution >= 0.6 is 0 Å². The van der Waals surface area contributed by atoms with Gasteiger partial charge in [0, 0.05) is 32.9 Å². The van der Waals surface area contributed by atoms with Gasteiger partial charge in [-0.15, -0.1) is 0 Å². The summed E-state index contributed by atoms with van der Waals surface area (Å²) in [5.74, 6) is 0.0462. The average Bonchev–Trinajstić information content (AvgIpc) is 3.01. The van der Waals surface area contributed by atoms with Gasteiger partial charge in [-0.25, -0.2) is 0 Å². The van der Waals surface area contributed by atoms with Gasteiger partial charge in [-0.05, 0) is 31.0 Å². The van der Waals surface area contributed by atoms with E-state index in [4.69, 9.17) is 0 Å². The van der Waals surface area contributed by atoms with Crippen molar-refractivity contribution in [2.75, 3.05) is 25.5 Å². The van der Waals surface area contributed by atoms with Gasteiger partial charge in [0.05, 0.1) is 16.0 Å². The first-order valence-electron chi connectivity index (χ1n) is 7.50. The van der Waals surface area contributed by atoms with E-state index >= 15 is 0 Å². The molecule has 1 unspecified atom stereocenters. The highest BCUT2D eigenvalue weighted by atomic mass is 16.6. The molecule has 0 N–H and O–H groups in total. The Labute approximate surface area is 133 Å². The predicted octanol–water partition coefficient (Wildman–Crippen LogP) is 2.20. The van der Waals surface area contributed by atoms with E-state index in [9.17, 15) is 14.9 Å². The normalized spacial score (nSPS) is 17.5. The predicted molar refractivity (Wildman–Crippen MR) is 87.5 cm³/mol. The molecule has 1 amide bonds. The van der Waals surface area contributed by atoms with Crippen LogP contribution in [0.1, 0.15) is 12.8 Å². The molecule has 1 aliphatic rings. The van der Waals surface area contributed by atoms with Crippen LogP contribution < -0.4 is 4.90 Å². The SMILES string of the molecule is CN(C)C(=O)C1CCCN1c1ccc([N+](=O)[O-])c2cccnc12. The summed E-state index contributed by atoms with van der Waals surface area (Å²) < 4.78 is 0. The summed E-state index contributed by atoms with van der Waals surface area (Å²) in [6.07, 6.45) is 3.31. The molecule has 0 aliphatic carbocycles. The number of anilines is 1. The van der Waals surface area contributed by atoms with Gasteiger partial charge in [-0.1, -0.05) is 0 Å². The van der Waals surface area contributed by atoms with Crippen LogP contribution in [0.4, 0.5) is 11.4 Å². The third kappa shape index (κ3) is 2.58. The number of pyridine rings is 1. The fraction of sp³-hybridized carbons (Fsp3) is 0.375. The first-order chi connectivity index (χ1) is 11.0. The Morgan fingerprint density at radius 1 is 1.39 bits per heavy atom. The number of nitrogens with zero attached hydrogens (tertiary/aromatic N) is 4. The lowest BCUT2D eigenvalue weighted by Gasteiger charge is -2.28. The summed E-state index contributed by atoms with van der Waals surface area (Å²) in [6, 6.07) is 6.34. The number of hydrogen-bond donors (Lipinski definition) is 0. The van der Waals surface area contributed by atoms with Crippen LogP contribution in [0.2, 0.25) is 0 Å². The second kappa shape index (κ2) is 5.83. The average molecular weight is 314 g/mol. The van der Waals surface area contributed by atoms with Crippen LogP contribution in [-0.4, -0.2) is 47.4 Å². The molecule has 0 spiro atoms. The van der Waals surface area contributed by atoms with E-state index in [2.05, 4.69) is 4.98 Å². The number of rotatable bonds is 3. The van der Waals surface area contributed by atoms with Crippen LogP contribution in [0, 0.1) is 10.1 Å². The minimum Gasteiger partial charge on any atom is -0.358 e. The van der Waals surface area contributed by atoms with E-state index in [0.29, 0.717) is 10.9 Å². The Bertz CT molecular complexity index is 775. The first kappa shape index (κ1) is 15.2. The highest BCUT2D eigenvalue weighted by Gasteiger charge is 2.33. The zero-order valence-electron chi connectivity index (χ0n) is 13.1. The summed E-state index contributed by atoms with van der Waals surface area (Å²) in [5, 5.41) is 11.7. The summed E-state index contributed by atoms with van der Waals surface area (Å²) in [6.45, 7) is 0.744. The second-order valence-electron chi connectivity index (χ2n) is 5.84. The molecule has 1 aromatic heterocycles. The van der Waals surface area contributed by atoms with Crippen molar-refractivity contribution in [3.05, 3.63) is 40.6 Å². The molecule has 0 radical (unpaired) electrons. The molecular weight excluding hydrogens is 296 g/mol. The van der Waals surface area contributed by atoms with E-state index in [1.807, 2.05) is 4.90 Å². The van der Waals surface area contributed by atoms with Gasteiger partial charge >= 0.3 is 0 Å². The lowest BCUT2D eigenvalue weighted by molar-refractivity contribution is -0.383. The lowest BCUT2D eigenvalue weighted by atomic mass is 10.1. The molecule has 0 saturated carbocycles. The smallest absolute Gasteiger partial charge is 0.278 e. The number of nitro groups is 1. The van der Waals surface area contributed by atoms with E-state index < -0.39 is 4.92 Å². The highest BCUT2D eigenvalue weighted by Crippen LogP contribution is 2.35. The molecule has 1 aromatic carbocycles. The zero-order valence-corrected chi connectivity index (χ0v) is 13.1. The van der Waals surface area contributed by atoms with E-state index in [1.165, 1.54) is 6.07 Å². The molecule has 1 fully saturated rings. The first-order valence-corrected chi connectivity index (χ1v) is 7.50. The largest absolute Gasteiger partial charge is 0.358 e. The molecule has 3 rings (SSSR count). The molecule has 2 heterocycles. The monoisotopic (exact) mass is 314 g/mol. The fourth-order valence-electron chi connectivity index (χ4n) is 3.14. The van der Waals surface area contributed by atoms with E-state index in [1.54, 1.807) is 43.4 Å². The van der Waals surface area contributed by atoms with Crippen molar-refractivity contribution in [2.24, 2.45) is 0 Å². The Kier molecular flexibility index (Phi) is 3.85. The number of non-ortho nitro benzene ring substituents is 1. The van der Waals surface area contributed by atoms with Crippen LogP contribution in [0.3, 0.4) is 0 Å². The maximum Gasteiger partial charge on any atom is 0.278 e. The highest BCUT2D eigenvalue weighted by molar-refractivity contribution is 5.99. The van der Waals surface area contributed by atoms with Crippen molar-refractivity contribution in [1.29, 1.82) is 0 Å². The quantitative estimate of drug-likeness (QED) is 0.641. The van der Waals surface area contributed by atoms with Gasteiger partial charge in [0.1, 0.15) is 11.6 Å². The summed E-state index contributed by atoms with van der Waals surface area (Å²) in [7, 11) is 3.48. The van der Waals surface area contributed by atoms with E-state index in [0.717, 1.165) is 25.1 Å². The molecule has 23 heavy (non-hydrogen) atoms. The van der Waals surface area contributed by atoms with Gasteiger partial charge in [-0.2, -0.15) is 0 Å². The number of likely N-dealkylation sites (N-methyl/N-ethyl adjacent to an activating group) is 1. The maximum atomic E-state index is 12.4. The molecule has 7 heteroatoms. The van der Waals surface area contributed by atoms with Gasteiger partial charge < -0.3 is 9.80 Å². The van der Waals surface area contributed by atoms with Crippen molar-refractivity contribution in [3.63, 3.8) is 0 Å². The number of nitro benzene ring substituents is 1. The van der Waals surface area contributed by atoms with Crippen LogP contribution in [-0.2, 0) is 4.79 Å². The standard InChI is InChI=1S/C16H18N4O3/c1-18(2)16(21)14-6-4-10-19(14)13-8-7-12(20(22)23)11-5-3-9-17-15(11)13/h3,5,7-9,14H,4,6,10H2,1-2H3. The van der Waals surface area contributed by atoms with Gasteiger partial charge in [-0.3, -0.25) is 19.9 Å². The maximum absolute atomic E-state index is 12.4. The summed E-state index contributed by atoms with van der Waals surface area (Å²) >= 11 is 0. The molecule has 1 saturated heterocycles. The number of amides is 1. The Morgan fingerprint density at radius 2 is 2.17 bits per heavy atom. The van der Waals surface area contributed by atoms with Crippen molar-refractivity contribution < 1.29 is 9.72 Å².